The highest BCUT2D eigenvalue weighted by molar-refractivity contribution is 7.13. The number of rotatable bonds is 3. The van der Waals surface area contributed by atoms with Crippen molar-refractivity contribution in [1.29, 1.82) is 0 Å². The van der Waals surface area contributed by atoms with Gasteiger partial charge in [0, 0.05) is 10.9 Å². The van der Waals surface area contributed by atoms with Gasteiger partial charge in [-0.05, 0) is 40.0 Å². The molecule has 1 aliphatic rings. The van der Waals surface area contributed by atoms with E-state index >= 15 is 0 Å². The quantitative estimate of drug-likeness (QED) is 0.941. The van der Waals surface area contributed by atoms with E-state index in [1.165, 1.54) is 11.3 Å². The van der Waals surface area contributed by atoms with Crippen LogP contribution in [-0.4, -0.2) is 37.1 Å². The molecule has 106 valence electrons. The SMILES string of the molecule is CNC1(c2csc(-c3ccccc3)n2)CCN(C)CC1. The van der Waals surface area contributed by atoms with Gasteiger partial charge >= 0.3 is 0 Å². The number of nitrogens with one attached hydrogen (secondary N) is 1. The maximum absolute atomic E-state index is 4.91. The molecule has 1 aliphatic heterocycles. The molecule has 3 rings (SSSR count). The predicted octanol–water partition coefficient (Wildman–Crippen LogP) is 2.95. The maximum atomic E-state index is 4.91. The molecule has 1 aromatic carbocycles. The van der Waals surface area contributed by atoms with Crippen molar-refractivity contribution in [3.63, 3.8) is 0 Å². The van der Waals surface area contributed by atoms with E-state index < -0.39 is 0 Å². The van der Waals surface area contributed by atoms with Gasteiger partial charge in [-0.1, -0.05) is 30.3 Å². The lowest BCUT2D eigenvalue weighted by atomic mass is 9.85. The highest BCUT2D eigenvalue weighted by Gasteiger charge is 2.35. The lowest BCUT2D eigenvalue weighted by Gasteiger charge is -2.39. The summed E-state index contributed by atoms with van der Waals surface area (Å²) in [6.07, 6.45) is 2.25. The lowest BCUT2D eigenvalue weighted by Crippen LogP contribution is -2.49. The Morgan fingerprint density at radius 2 is 1.90 bits per heavy atom. The standard InChI is InChI=1S/C16H21N3S/c1-17-16(8-10-19(2)11-9-16)14-12-20-15(18-14)13-6-4-3-5-7-13/h3-7,12,17H,8-11H2,1-2H3. The molecule has 4 heteroatoms. The molecule has 1 fully saturated rings. The van der Waals surface area contributed by atoms with Crippen LogP contribution in [0.2, 0.25) is 0 Å². The molecular weight excluding hydrogens is 266 g/mol. The minimum atomic E-state index is 0.0516. The number of piperidine rings is 1. The van der Waals surface area contributed by atoms with Crippen molar-refractivity contribution in [1.82, 2.24) is 15.2 Å². The van der Waals surface area contributed by atoms with E-state index in [2.05, 4.69) is 54.0 Å². The van der Waals surface area contributed by atoms with Crippen LogP contribution in [0.4, 0.5) is 0 Å². The second kappa shape index (κ2) is 5.64. The molecule has 0 unspecified atom stereocenters. The molecule has 1 saturated heterocycles. The maximum Gasteiger partial charge on any atom is 0.123 e. The van der Waals surface area contributed by atoms with Crippen LogP contribution in [0.5, 0.6) is 0 Å². The number of hydrogen-bond donors (Lipinski definition) is 1. The fraction of sp³-hybridized carbons (Fsp3) is 0.438. The number of nitrogens with zero attached hydrogens (tertiary/aromatic N) is 2. The first-order valence-corrected chi connectivity index (χ1v) is 8.00. The first kappa shape index (κ1) is 13.7. The molecule has 2 aromatic rings. The van der Waals surface area contributed by atoms with Crippen LogP contribution >= 0.6 is 11.3 Å². The number of aromatic nitrogens is 1. The summed E-state index contributed by atoms with van der Waals surface area (Å²) >= 11 is 1.75. The highest BCUT2D eigenvalue weighted by Crippen LogP contribution is 2.35. The Hall–Kier alpha value is -1.23. The zero-order valence-electron chi connectivity index (χ0n) is 12.1. The molecule has 3 nitrogen and oxygen atoms in total. The van der Waals surface area contributed by atoms with Crippen molar-refractivity contribution in [3.05, 3.63) is 41.4 Å². The van der Waals surface area contributed by atoms with Crippen molar-refractivity contribution >= 4 is 11.3 Å². The van der Waals surface area contributed by atoms with Gasteiger partial charge in [-0.3, -0.25) is 0 Å². The second-order valence-electron chi connectivity index (χ2n) is 5.54. The van der Waals surface area contributed by atoms with Crippen LogP contribution in [0, 0.1) is 0 Å². The number of likely N-dealkylation sites (tertiary alicyclic amines) is 1. The van der Waals surface area contributed by atoms with E-state index in [-0.39, 0.29) is 5.54 Å². The van der Waals surface area contributed by atoms with Crippen molar-refractivity contribution in [2.24, 2.45) is 0 Å². The summed E-state index contributed by atoms with van der Waals surface area (Å²) in [5, 5.41) is 6.88. The molecule has 0 amide bonds. The molecule has 1 aromatic heterocycles. The van der Waals surface area contributed by atoms with Crippen LogP contribution in [0.25, 0.3) is 10.6 Å². The lowest BCUT2D eigenvalue weighted by molar-refractivity contribution is 0.161. The van der Waals surface area contributed by atoms with Gasteiger partial charge in [-0.15, -0.1) is 11.3 Å². The fourth-order valence-electron chi connectivity index (χ4n) is 2.84. The third-order valence-electron chi connectivity index (χ3n) is 4.33. The smallest absolute Gasteiger partial charge is 0.123 e. The minimum absolute atomic E-state index is 0.0516. The second-order valence-corrected chi connectivity index (χ2v) is 6.40. The zero-order valence-corrected chi connectivity index (χ0v) is 12.9. The van der Waals surface area contributed by atoms with Gasteiger partial charge in [0.05, 0.1) is 11.2 Å². The predicted molar refractivity (Wildman–Crippen MR) is 85.0 cm³/mol. The van der Waals surface area contributed by atoms with E-state index in [0.29, 0.717) is 0 Å². The van der Waals surface area contributed by atoms with Crippen LogP contribution in [0.15, 0.2) is 35.7 Å². The molecule has 0 saturated carbocycles. The van der Waals surface area contributed by atoms with E-state index in [4.69, 9.17) is 4.98 Å². The van der Waals surface area contributed by atoms with Crippen molar-refractivity contribution in [2.45, 2.75) is 18.4 Å². The van der Waals surface area contributed by atoms with Gasteiger partial charge < -0.3 is 10.2 Å². The van der Waals surface area contributed by atoms with Crippen LogP contribution in [0.1, 0.15) is 18.5 Å². The Morgan fingerprint density at radius 3 is 2.55 bits per heavy atom. The summed E-state index contributed by atoms with van der Waals surface area (Å²) in [5.74, 6) is 0. The molecule has 1 N–H and O–H groups in total. The van der Waals surface area contributed by atoms with Gasteiger partial charge in [0.15, 0.2) is 0 Å². The summed E-state index contributed by atoms with van der Waals surface area (Å²) in [4.78, 5) is 7.30. The summed E-state index contributed by atoms with van der Waals surface area (Å²) in [5.41, 5.74) is 2.47. The molecule has 0 atom stereocenters. The van der Waals surface area contributed by atoms with Crippen molar-refractivity contribution in [2.75, 3.05) is 27.2 Å². The summed E-state index contributed by atoms with van der Waals surface area (Å²) in [7, 11) is 4.25. The number of hydrogen-bond acceptors (Lipinski definition) is 4. The topological polar surface area (TPSA) is 28.2 Å². The highest BCUT2D eigenvalue weighted by atomic mass is 32.1. The Bertz CT molecular complexity index is 556. The average molecular weight is 287 g/mol. The van der Waals surface area contributed by atoms with Crippen molar-refractivity contribution in [3.8, 4) is 10.6 Å². The molecular formula is C16H21N3S. The molecule has 0 radical (unpaired) electrons. The van der Waals surface area contributed by atoms with Gasteiger partial charge in [-0.25, -0.2) is 4.98 Å². The normalized spacial score (nSPS) is 19.1. The van der Waals surface area contributed by atoms with Crippen molar-refractivity contribution < 1.29 is 0 Å². The van der Waals surface area contributed by atoms with Crippen LogP contribution < -0.4 is 5.32 Å². The Balaban J connectivity index is 1.89. The van der Waals surface area contributed by atoms with E-state index in [9.17, 15) is 0 Å². The Morgan fingerprint density at radius 1 is 1.20 bits per heavy atom. The third-order valence-corrected chi connectivity index (χ3v) is 5.23. The Labute approximate surface area is 124 Å². The minimum Gasteiger partial charge on any atom is -0.309 e. The number of benzene rings is 1. The van der Waals surface area contributed by atoms with Gasteiger partial charge in [-0.2, -0.15) is 0 Å². The summed E-state index contributed by atoms with van der Waals surface area (Å²) < 4.78 is 0. The Kier molecular flexibility index (Phi) is 3.87. The molecule has 0 spiro atoms. The summed E-state index contributed by atoms with van der Waals surface area (Å²) in [6.45, 7) is 2.25. The summed E-state index contributed by atoms with van der Waals surface area (Å²) in [6, 6.07) is 10.4. The molecule has 0 bridgehead atoms. The zero-order chi connectivity index (χ0) is 14.0. The van der Waals surface area contributed by atoms with Crippen LogP contribution in [-0.2, 0) is 5.54 Å². The monoisotopic (exact) mass is 287 g/mol. The van der Waals surface area contributed by atoms with E-state index in [1.807, 2.05) is 6.07 Å². The van der Waals surface area contributed by atoms with E-state index in [1.54, 1.807) is 11.3 Å². The fourth-order valence-corrected chi connectivity index (χ4v) is 3.77. The van der Waals surface area contributed by atoms with E-state index in [0.717, 1.165) is 30.9 Å². The van der Waals surface area contributed by atoms with Gasteiger partial charge in [0.2, 0.25) is 0 Å². The first-order chi connectivity index (χ1) is 9.73. The molecule has 2 heterocycles. The van der Waals surface area contributed by atoms with Gasteiger partial charge in [0.1, 0.15) is 5.01 Å². The average Bonchev–Trinajstić information content (AvgIpc) is 3.00. The largest absolute Gasteiger partial charge is 0.309 e. The van der Waals surface area contributed by atoms with Gasteiger partial charge in [0.25, 0.3) is 0 Å². The number of thiazole rings is 1. The third kappa shape index (κ3) is 2.51. The molecule has 0 aliphatic carbocycles. The first-order valence-electron chi connectivity index (χ1n) is 7.12. The molecule has 20 heavy (non-hydrogen) atoms. The van der Waals surface area contributed by atoms with Crippen LogP contribution in [0.3, 0.4) is 0 Å².